The molecule has 0 aliphatic carbocycles. The molecule has 1 heterocycles. The number of hydrogen-bond acceptors (Lipinski definition) is 7. The molecule has 27 heavy (non-hydrogen) atoms. The number of anilines is 1. The second-order valence-electron chi connectivity index (χ2n) is 5.29. The summed E-state index contributed by atoms with van der Waals surface area (Å²) in [6.45, 7) is 0. The van der Waals surface area contributed by atoms with Crippen molar-refractivity contribution in [3.63, 3.8) is 0 Å². The van der Waals surface area contributed by atoms with Gasteiger partial charge < -0.3 is 14.5 Å². The summed E-state index contributed by atoms with van der Waals surface area (Å²) in [4.78, 5) is 23.4. The fourth-order valence-corrected chi connectivity index (χ4v) is 2.89. The number of nitrogens with zero attached hydrogens (tertiary/aromatic N) is 2. The average Bonchev–Trinajstić information content (AvgIpc) is 3.15. The summed E-state index contributed by atoms with van der Waals surface area (Å²) in [6.07, 6.45) is 0. The van der Waals surface area contributed by atoms with E-state index in [0.717, 1.165) is 11.8 Å². The highest BCUT2D eigenvalue weighted by atomic mass is 35.5. The fraction of sp³-hybridized carbons (Fsp3) is 0.111. The number of carbonyl (C=O) groups excluding carboxylic acids is 2. The second-order valence-corrected chi connectivity index (χ2v) is 6.65. The van der Waals surface area contributed by atoms with Crippen molar-refractivity contribution in [3.8, 4) is 11.5 Å². The Morgan fingerprint density at radius 2 is 1.96 bits per heavy atom. The zero-order valence-corrected chi connectivity index (χ0v) is 15.7. The molecule has 0 aliphatic heterocycles. The maximum Gasteiger partial charge on any atom is 0.337 e. The van der Waals surface area contributed by atoms with Crippen LogP contribution >= 0.6 is 23.4 Å². The number of amides is 1. The van der Waals surface area contributed by atoms with Crippen LogP contribution in [0.3, 0.4) is 0 Å². The molecule has 9 heteroatoms. The molecule has 0 unspecified atom stereocenters. The van der Waals surface area contributed by atoms with Gasteiger partial charge in [-0.1, -0.05) is 29.4 Å². The maximum atomic E-state index is 12.1. The standard InChI is InChI=1S/C18H14ClN3O4S/c1-25-17(24)11-5-7-14(8-6-11)20-15(23)10-27-18-22-21-16(26-18)12-3-2-4-13(19)9-12/h2-9H,10H2,1H3,(H,20,23). The van der Waals surface area contributed by atoms with Crippen molar-refractivity contribution in [2.24, 2.45) is 0 Å². The molecule has 0 bridgehead atoms. The number of nitrogens with one attached hydrogen (secondary N) is 1. The van der Waals surface area contributed by atoms with Gasteiger partial charge in [-0.3, -0.25) is 4.79 Å². The molecular formula is C18H14ClN3O4S. The van der Waals surface area contributed by atoms with Crippen molar-refractivity contribution in [1.29, 1.82) is 0 Å². The molecular weight excluding hydrogens is 390 g/mol. The summed E-state index contributed by atoms with van der Waals surface area (Å²) in [5.41, 5.74) is 1.68. The highest BCUT2D eigenvalue weighted by Crippen LogP contribution is 2.25. The molecule has 0 saturated carbocycles. The van der Waals surface area contributed by atoms with Crippen LogP contribution in [-0.4, -0.2) is 34.9 Å². The lowest BCUT2D eigenvalue weighted by molar-refractivity contribution is -0.113. The van der Waals surface area contributed by atoms with E-state index in [0.29, 0.717) is 27.7 Å². The molecule has 1 amide bonds. The van der Waals surface area contributed by atoms with E-state index in [1.807, 2.05) is 0 Å². The topological polar surface area (TPSA) is 94.3 Å². The lowest BCUT2D eigenvalue weighted by atomic mass is 10.2. The first-order valence-electron chi connectivity index (χ1n) is 7.75. The van der Waals surface area contributed by atoms with Crippen molar-refractivity contribution >= 4 is 40.9 Å². The Kier molecular flexibility index (Phi) is 6.10. The van der Waals surface area contributed by atoms with Crippen LogP contribution < -0.4 is 5.32 Å². The molecule has 3 aromatic rings. The number of methoxy groups -OCH3 is 1. The van der Waals surface area contributed by atoms with E-state index in [-0.39, 0.29) is 16.9 Å². The Morgan fingerprint density at radius 1 is 1.19 bits per heavy atom. The Bertz CT molecular complexity index is 959. The van der Waals surface area contributed by atoms with Crippen LogP contribution in [-0.2, 0) is 9.53 Å². The first-order valence-corrected chi connectivity index (χ1v) is 9.12. The molecule has 0 spiro atoms. The van der Waals surface area contributed by atoms with E-state index >= 15 is 0 Å². The summed E-state index contributed by atoms with van der Waals surface area (Å²) < 4.78 is 10.2. The molecule has 1 aromatic heterocycles. The second kappa shape index (κ2) is 8.70. The number of aromatic nitrogens is 2. The van der Waals surface area contributed by atoms with E-state index in [1.165, 1.54) is 7.11 Å². The third kappa shape index (κ3) is 5.08. The maximum absolute atomic E-state index is 12.1. The monoisotopic (exact) mass is 403 g/mol. The van der Waals surface area contributed by atoms with E-state index < -0.39 is 5.97 Å². The van der Waals surface area contributed by atoms with E-state index in [1.54, 1.807) is 48.5 Å². The van der Waals surface area contributed by atoms with E-state index in [2.05, 4.69) is 20.3 Å². The van der Waals surface area contributed by atoms with Crippen molar-refractivity contribution in [2.45, 2.75) is 5.22 Å². The molecule has 138 valence electrons. The van der Waals surface area contributed by atoms with E-state index in [4.69, 9.17) is 16.0 Å². The minimum Gasteiger partial charge on any atom is -0.465 e. The normalized spacial score (nSPS) is 10.4. The molecule has 1 N–H and O–H groups in total. The van der Waals surface area contributed by atoms with Gasteiger partial charge in [0.15, 0.2) is 0 Å². The van der Waals surface area contributed by atoms with Crippen LogP contribution in [0, 0.1) is 0 Å². The first kappa shape index (κ1) is 18.9. The average molecular weight is 404 g/mol. The number of halogens is 1. The smallest absolute Gasteiger partial charge is 0.337 e. The van der Waals surface area contributed by atoms with Crippen LogP contribution in [0.25, 0.3) is 11.5 Å². The lowest BCUT2D eigenvalue weighted by Gasteiger charge is -2.05. The van der Waals surface area contributed by atoms with Gasteiger partial charge in [-0.2, -0.15) is 0 Å². The van der Waals surface area contributed by atoms with Gasteiger partial charge in [0, 0.05) is 16.3 Å². The van der Waals surface area contributed by atoms with Gasteiger partial charge >= 0.3 is 5.97 Å². The minimum atomic E-state index is -0.435. The number of hydrogen-bond donors (Lipinski definition) is 1. The van der Waals surface area contributed by atoms with Crippen molar-refractivity contribution in [1.82, 2.24) is 10.2 Å². The molecule has 2 aromatic carbocycles. The van der Waals surface area contributed by atoms with Gasteiger partial charge in [0.25, 0.3) is 5.22 Å². The van der Waals surface area contributed by atoms with Gasteiger partial charge in [0.2, 0.25) is 11.8 Å². The third-order valence-corrected chi connectivity index (χ3v) is 4.45. The van der Waals surface area contributed by atoms with Crippen LogP contribution in [0.4, 0.5) is 5.69 Å². The minimum absolute atomic E-state index is 0.0932. The fourth-order valence-electron chi connectivity index (χ4n) is 2.14. The zero-order chi connectivity index (χ0) is 19.2. The number of carbonyl (C=O) groups is 2. The first-order chi connectivity index (χ1) is 13.0. The van der Waals surface area contributed by atoms with Gasteiger partial charge in [-0.05, 0) is 42.5 Å². The van der Waals surface area contributed by atoms with Gasteiger partial charge in [-0.25, -0.2) is 4.79 Å². The van der Waals surface area contributed by atoms with Crippen molar-refractivity contribution in [2.75, 3.05) is 18.2 Å². The Morgan fingerprint density at radius 3 is 2.67 bits per heavy atom. The highest BCUT2D eigenvalue weighted by molar-refractivity contribution is 7.99. The number of ether oxygens (including phenoxy) is 1. The van der Waals surface area contributed by atoms with E-state index in [9.17, 15) is 9.59 Å². The predicted molar refractivity (Wildman–Crippen MR) is 102 cm³/mol. The number of esters is 1. The van der Waals surface area contributed by atoms with Crippen LogP contribution in [0.15, 0.2) is 58.2 Å². The molecule has 0 atom stereocenters. The van der Waals surface area contributed by atoms with Gasteiger partial charge in [-0.15, -0.1) is 10.2 Å². The SMILES string of the molecule is COC(=O)c1ccc(NC(=O)CSc2nnc(-c3cccc(Cl)c3)o2)cc1. The van der Waals surface area contributed by atoms with Gasteiger partial charge in [0.1, 0.15) is 0 Å². The van der Waals surface area contributed by atoms with Crippen LogP contribution in [0.2, 0.25) is 5.02 Å². The number of rotatable bonds is 6. The lowest BCUT2D eigenvalue weighted by Crippen LogP contribution is -2.14. The summed E-state index contributed by atoms with van der Waals surface area (Å²) in [7, 11) is 1.31. The van der Waals surface area contributed by atoms with Crippen molar-refractivity contribution in [3.05, 3.63) is 59.1 Å². The molecule has 7 nitrogen and oxygen atoms in total. The highest BCUT2D eigenvalue weighted by Gasteiger charge is 2.12. The van der Waals surface area contributed by atoms with Gasteiger partial charge in [0.05, 0.1) is 18.4 Å². The summed E-state index contributed by atoms with van der Waals surface area (Å²) in [5, 5.41) is 11.4. The predicted octanol–water partition coefficient (Wildman–Crippen LogP) is 3.91. The molecule has 3 rings (SSSR count). The Hall–Kier alpha value is -2.84. The molecule has 0 saturated heterocycles. The molecule has 0 aliphatic rings. The largest absolute Gasteiger partial charge is 0.465 e. The quantitative estimate of drug-likeness (QED) is 0.492. The summed E-state index contributed by atoms with van der Waals surface area (Å²) in [5.74, 6) is -0.252. The van der Waals surface area contributed by atoms with Crippen molar-refractivity contribution < 1.29 is 18.7 Å². The molecule has 0 radical (unpaired) electrons. The molecule has 0 fully saturated rings. The van der Waals surface area contributed by atoms with Crippen LogP contribution in [0.1, 0.15) is 10.4 Å². The third-order valence-electron chi connectivity index (χ3n) is 3.39. The Balaban J connectivity index is 1.54. The van der Waals surface area contributed by atoms with Crippen LogP contribution in [0.5, 0.6) is 0 Å². The Labute approximate surface area is 164 Å². The number of thioether (sulfide) groups is 1. The number of benzene rings is 2. The summed E-state index contributed by atoms with van der Waals surface area (Å²) >= 11 is 7.06. The summed E-state index contributed by atoms with van der Waals surface area (Å²) in [6, 6.07) is 13.4. The zero-order valence-electron chi connectivity index (χ0n) is 14.1.